The van der Waals surface area contributed by atoms with Crippen LogP contribution in [-0.4, -0.2) is 11.1 Å². The first-order valence-electron chi connectivity index (χ1n) is 6.30. The van der Waals surface area contributed by atoms with Crippen LogP contribution in [0.25, 0.3) is 0 Å². The van der Waals surface area contributed by atoms with Crippen LogP contribution in [0.3, 0.4) is 0 Å². The van der Waals surface area contributed by atoms with Crippen LogP contribution < -0.4 is 5.32 Å². The molecule has 1 aliphatic rings. The summed E-state index contributed by atoms with van der Waals surface area (Å²) >= 11 is 0. The van der Waals surface area contributed by atoms with Crippen LogP contribution in [0.2, 0.25) is 0 Å². The van der Waals surface area contributed by atoms with Gasteiger partial charge in [0.25, 0.3) is 0 Å². The van der Waals surface area contributed by atoms with Gasteiger partial charge in [0.15, 0.2) is 0 Å². The average Bonchev–Trinajstić information content (AvgIpc) is 2.67. The molecule has 1 saturated carbocycles. The molecular weight excluding hydrogens is 217 g/mol. The largest absolute Gasteiger partial charge is 0.508 e. The third-order valence-electron chi connectivity index (χ3n) is 3.64. The van der Waals surface area contributed by atoms with E-state index in [9.17, 15) is 9.50 Å². The summed E-state index contributed by atoms with van der Waals surface area (Å²) in [5.41, 5.74) is 0.643. The first-order valence-corrected chi connectivity index (χ1v) is 6.30. The van der Waals surface area contributed by atoms with E-state index in [1.54, 1.807) is 0 Å². The van der Waals surface area contributed by atoms with Crippen LogP contribution >= 0.6 is 0 Å². The van der Waals surface area contributed by atoms with Crippen molar-refractivity contribution in [2.24, 2.45) is 5.92 Å². The Kier molecular flexibility index (Phi) is 3.67. The first-order chi connectivity index (χ1) is 8.06. The molecule has 3 atom stereocenters. The third kappa shape index (κ3) is 2.97. The third-order valence-corrected chi connectivity index (χ3v) is 3.64. The number of aromatic hydroxyl groups is 1. The van der Waals surface area contributed by atoms with Gasteiger partial charge in [-0.2, -0.15) is 0 Å². The number of halogens is 1. The summed E-state index contributed by atoms with van der Waals surface area (Å²) in [5.74, 6) is 0.629. The molecule has 0 aliphatic heterocycles. The molecule has 0 aromatic heterocycles. The minimum absolute atomic E-state index is 0.0130. The molecule has 0 amide bonds. The van der Waals surface area contributed by atoms with Gasteiger partial charge < -0.3 is 10.4 Å². The van der Waals surface area contributed by atoms with Crippen molar-refractivity contribution in [1.29, 1.82) is 0 Å². The second-order valence-electron chi connectivity index (χ2n) is 5.21. The highest BCUT2D eigenvalue weighted by atomic mass is 19.1. The van der Waals surface area contributed by atoms with Gasteiger partial charge in [0.05, 0.1) is 0 Å². The van der Waals surface area contributed by atoms with Gasteiger partial charge >= 0.3 is 0 Å². The molecule has 2 nitrogen and oxygen atoms in total. The van der Waals surface area contributed by atoms with Crippen molar-refractivity contribution < 1.29 is 9.50 Å². The Labute approximate surface area is 102 Å². The summed E-state index contributed by atoms with van der Waals surface area (Å²) in [6, 6.07) is 4.58. The molecule has 0 radical (unpaired) electrons. The zero-order chi connectivity index (χ0) is 12.4. The lowest BCUT2D eigenvalue weighted by atomic mass is 10.1. The van der Waals surface area contributed by atoms with Gasteiger partial charge in [-0.25, -0.2) is 4.39 Å². The molecule has 3 heteroatoms. The fourth-order valence-corrected chi connectivity index (χ4v) is 2.67. The number of nitrogens with one attached hydrogen (secondary N) is 1. The molecule has 1 aromatic carbocycles. The molecule has 1 fully saturated rings. The van der Waals surface area contributed by atoms with Crippen molar-refractivity contribution in [3.05, 3.63) is 29.6 Å². The number of hydrogen-bond donors (Lipinski definition) is 2. The fourth-order valence-electron chi connectivity index (χ4n) is 2.67. The van der Waals surface area contributed by atoms with Crippen LogP contribution in [0.15, 0.2) is 18.2 Å². The van der Waals surface area contributed by atoms with Gasteiger partial charge in [0.2, 0.25) is 0 Å². The van der Waals surface area contributed by atoms with Crippen molar-refractivity contribution in [3.63, 3.8) is 0 Å². The monoisotopic (exact) mass is 237 g/mol. The Hall–Kier alpha value is -1.09. The lowest BCUT2D eigenvalue weighted by molar-refractivity contribution is 0.419. The highest BCUT2D eigenvalue weighted by Gasteiger charge is 2.23. The van der Waals surface area contributed by atoms with Crippen molar-refractivity contribution in [2.45, 2.75) is 45.2 Å². The van der Waals surface area contributed by atoms with Crippen molar-refractivity contribution >= 4 is 0 Å². The maximum atomic E-state index is 13.1. The number of hydrogen-bond acceptors (Lipinski definition) is 2. The van der Waals surface area contributed by atoms with E-state index >= 15 is 0 Å². The van der Waals surface area contributed by atoms with E-state index < -0.39 is 0 Å². The molecule has 0 saturated heterocycles. The second kappa shape index (κ2) is 5.05. The van der Waals surface area contributed by atoms with E-state index in [1.807, 2.05) is 6.92 Å². The smallest absolute Gasteiger partial charge is 0.123 e. The summed E-state index contributed by atoms with van der Waals surface area (Å²) in [5, 5.41) is 13.2. The molecule has 17 heavy (non-hydrogen) atoms. The highest BCUT2D eigenvalue weighted by molar-refractivity contribution is 5.34. The van der Waals surface area contributed by atoms with Gasteiger partial charge in [-0.15, -0.1) is 0 Å². The van der Waals surface area contributed by atoms with Crippen molar-refractivity contribution in [2.75, 3.05) is 0 Å². The molecule has 3 unspecified atom stereocenters. The Morgan fingerprint density at radius 3 is 2.82 bits per heavy atom. The van der Waals surface area contributed by atoms with E-state index in [-0.39, 0.29) is 17.6 Å². The summed E-state index contributed by atoms with van der Waals surface area (Å²) in [6.45, 7) is 4.23. The molecular formula is C14H20FNO. The molecule has 94 valence electrons. The van der Waals surface area contributed by atoms with E-state index in [2.05, 4.69) is 12.2 Å². The van der Waals surface area contributed by atoms with Gasteiger partial charge in [-0.05, 0) is 50.3 Å². The number of rotatable bonds is 3. The van der Waals surface area contributed by atoms with Gasteiger partial charge in [-0.1, -0.05) is 6.92 Å². The van der Waals surface area contributed by atoms with Gasteiger partial charge in [-0.3, -0.25) is 0 Å². The summed E-state index contributed by atoms with van der Waals surface area (Å²) in [7, 11) is 0. The van der Waals surface area contributed by atoms with Crippen LogP contribution in [0.1, 0.15) is 44.7 Å². The van der Waals surface area contributed by atoms with E-state index in [4.69, 9.17) is 0 Å². The van der Waals surface area contributed by atoms with Crippen molar-refractivity contribution in [3.8, 4) is 5.75 Å². The van der Waals surface area contributed by atoms with E-state index in [1.165, 1.54) is 37.5 Å². The maximum absolute atomic E-state index is 13.1. The number of phenolic OH excluding ortho intramolecular Hbond substituents is 1. The number of phenols is 1. The maximum Gasteiger partial charge on any atom is 0.123 e. The molecule has 0 heterocycles. The fraction of sp³-hybridized carbons (Fsp3) is 0.571. The van der Waals surface area contributed by atoms with Gasteiger partial charge in [0, 0.05) is 17.6 Å². The summed E-state index contributed by atoms with van der Waals surface area (Å²) in [6.07, 6.45) is 3.58. The zero-order valence-electron chi connectivity index (χ0n) is 10.4. The van der Waals surface area contributed by atoms with Crippen LogP contribution in [0.4, 0.5) is 4.39 Å². The predicted molar refractivity (Wildman–Crippen MR) is 66.4 cm³/mol. The lowest BCUT2D eigenvalue weighted by Gasteiger charge is -2.20. The lowest BCUT2D eigenvalue weighted by Crippen LogP contribution is -2.29. The van der Waals surface area contributed by atoms with Crippen LogP contribution in [0, 0.1) is 11.7 Å². The number of benzene rings is 1. The average molecular weight is 237 g/mol. The minimum atomic E-state index is -0.300. The second-order valence-corrected chi connectivity index (χ2v) is 5.21. The van der Waals surface area contributed by atoms with Crippen LogP contribution in [-0.2, 0) is 0 Å². The highest BCUT2D eigenvalue weighted by Crippen LogP contribution is 2.29. The normalized spacial score (nSPS) is 26.1. The molecule has 2 rings (SSSR count). The van der Waals surface area contributed by atoms with Crippen molar-refractivity contribution in [1.82, 2.24) is 5.32 Å². The molecule has 0 bridgehead atoms. The SMILES string of the molecule is CC1CCC(NC(C)c2cc(F)ccc2O)C1. The minimum Gasteiger partial charge on any atom is -0.508 e. The first kappa shape index (κ1) is 12.4. The summed E-state index contributed by atoms with van der Waals surface area (Å²) in [4.78, 5) is 0. The predicted octanol–water partition coefficient (Wildman–Crippen LogP) is 3.37. The zero-order valence-corrected chi connectivity index (χ0v) is 10.4. The molecule has 1 aromatic rings. The quantitative estimate of drug-likeness (QED) is 0.844. The van der Waals surface area contributed by atoms with Gasteiger partial charge in [0.1, 0.15) is 11.6 Å². The van der Waals surface area contributed by atoms with Crippen LogP contribution in [0.5, 0.6) is 5.75 Å². The molecule has 0 spiro atoms. The Morgan fingerprint density at radius 1 is 1.41 bits per heavy atom. The summed E-state index contributed by atoms with van der Waals surface area (Å²) < 4.78 is 13.1. The topological polar surface area (TPSA) is 32.3 Å². The van der Waals surface area contributed by atoms with E-state index in [0.29, 0.717) is 11.6 Å². The Bertz CT molecular complexity index is 394. The molecule has 2 N–H and O–H groups in total. The molecule has 1 aliphatic carbocycles. The standard InChI is InChI=1S/C14H20FNO/c1-9-3-5-12(7-9)16-10(2)13-8-11(15)4-6-14(13)17/h4,6,8-10,12,16-17H,3,5,7H2,1-2H3. The Balaban J connectivity index is 2.04. The van der Waals surface area contributed by atoms with E-state index in [0.717, 1.165) is 5.92 Å². The Morgan fingerprint density at radius 2 is 2.18 bits per heavy atom.